The Hall–Kier alpha value is -1.51. The zero-order valence-corrected chi connectivity index (χ0v) is 12.2. The van der Waals surface area contributed by atoms with Crippen LogP contribution in [0.25, 0.3) is 0 Å². The molecule has 1 aromatic carbocycles. The normalized spacial score (nSPS) is 25.6. The Bertz CT molecular complexity index is 478. The van der Waals surface area contributed by atoms with Gasteiger partial charge in [-0.2, -0.15) is 0 Å². The number of carbonyl (C=O) groups excluding carboxylic acids is 1. The molecule has 3 nitrogen and oxygen atoms in total. The van der Waals surface area contributed by atoms with Gasteiger partial charge in [-0.3, -0.25) is 4.79 Å². The average Bonchev–Trinajstić information content (AvgIpc) is 3.19. The summed E-state index contributed by atoms with van der Waals surface area (Å²) in [6, 6.07) is 8.39. The predicted molar refractivity (Wildman–Crippen MR) is 80.9 cm³/mol. The van der Waals surface area contributed by atoms with Crippen LogP contribution >= 0.6 is 0 Å². The van der Waals surface area contributed by atoms with E-state index in [0.717, 1.165) is 18.7 Å². The largest absolute Gasteiger partial charge is 0.399 e. The van der Waals surface area contributed by atoms with Crippen LogP contribution in [0, 0.1) is 11.8 Å². The predicted octanol–water partition coefficient (Wildman–Crippen LogP) is 3.20. The first kappa shape index (κ1) is 13.5. The van der Waals surface area contributed by atoms with Gasteiger partial charge >= 0.3 is 0 Å². The molecule has 0 heterocycles. The van der Waals surface area contributed by atoms with Gasteiger partial charge in [0.05, 0.1) is 0 Å². The third kappa shape index (κ3) is 2.82. The molecule has 3 heteroatoms. The van der Waals surface area contributed by atoms with Gasteiger partial charge in [-0.05, 0) is 49.3 Å². The highest BCUT2D eigenvalue weighted by Crippen LogP contribution is 2.36. The number of rotatable bonds is 4. The van der Waals surface area contributed by atoms with Gasteiger partial charge in [-0.25, -0.2) is 0 Å². The van der Waals surface area contributed by atoms with E-state index >= 15 is 0 Å². The minimum absolute atomic E-state index is 0.254. The van der Waals surface area contributed by atoms with Gasteiger partial charge in [0, 0.05) is 24.2 Å². The summed E-state index contributed by atoms with van der Waals surface area (Å²) in [4.78, 5) is 14.9. The molecule has 1 amide bonds. The highest BCUT2D eigenvalue weighted by Gasteiger charge is 2.39. The summed E-state index contributed by atoms with van der Waals surface area (Å²) >= 11 is 0. The number of nitrogens with zero attached hydrogens (tertiary/aromatic N) is 1. The minimum atomic E-state index is 0.254. The van der Waals surface area contributed by atoms with Gasteiger partial charge in [-0.15, -0.1) is 0 Å². The monoisotopic (exact) mass is 272 g/mol. The molecular weight excluding hydrogens is 248 g/mol. The number of benzene rings is 1. The number of hydrogen-bond donors (Lipinski definition) is 1. The summed E-state index contributed by atoms with van der Waals surface area (Å²) in [6.07, 6.45) is 5.82. The second-order valence-electron chi connectivity index (χ2n) is 6.45. The molecule has 0 saturated heterocycles. The number of nitrogens with two attached hydrogens (primary N) is 1. The van der Waals surface area contributed by atoms with E-state index in [9.17, 15) is 4.79 Å². The fourth-order valence-electron chi connectivity index (χ4n) is 3.32. The average molecular weight is 272 g/mol. The summed E-state index contributed by atoms with van der Waals surface area (Å²) in [5.41, 5.74) is 7.69. The molecule has 2 fully saturated rings. The van der Waals surface area contributed by atoms with E-state index in [1.807, 2.05) is 24.3 Å². The highest BCUT2D eigenvalue weighted by atomic mass is 16.2. The summed E-state index contributed by atoms with van der Waals surface area (Å²) < 4.78 is 0. The van der Waals surface area contributed by atoms with Crippen molar-refractivity contribution in [1.82, 2.24) is 4.90 Å². The molecule has 2 unspecified atom stereocenters. The van der Waals surface area contributed by atoms with Crippen molar-refractivity contribution in [2.75, 3.05) is 5.73 Å². The molecule has 0 bridgehead atoms. The number of nitrogen functional groups attached to an aromatic ring is 1. The molecule has 0 aliphatic heterocycles. The van der Waals surface area contributed by atoms with Gasteiger partial charge in [0.1, 0.15) is 0 Å². The third-order valence-corrected chi connectivity index (χ3v) is 4.78. The Balaban J connectivity index is 1.72. The first-order chi connectivity index (χ1) is 9.65. The molecule has 0 radical (unpaired) electrons. The molecular formula is C17H24N2O. The summed E-state index contributed by atoms with van der Waals surface area (Å²) in [6.45, 7) is 2.97. The molecule has 3 rings (SSSR count). The van der Waals surface area contributed by atoms with Gasteiger partial charge in [0.15, 0.2) is 0 Å². The van der Waals surface area contributed by atoms with E-state index < -0.39 is 0 Å². The second-order valence-corrected chi connectivity index (χ2v) is 6.45. The maximum atomic E-state index is 12.8. The molecule has 2 aliphatic carbocycles. The fraction of sp³-hybridized carbons (Fsp3) is 0.588. The molecule has 0 spiro atoms. The number of hydrogen-bond acceptors (Lipinski definition) is 2. The molecule has 1 aromatic rings. The van der Waals surface area contributed by atoms with Gasteiger partial charge in [-0.1, -0.05) is 25.5 Å². The summed E-state index contributed by atoms with van der Waals surface area (Å²) in [5, 5.41) is 0. The van der Waals surface area contributed by atoms with Crippen molar-refractivity contribution in [2.24, 2.45) is 11.8 Å². The lowest BCUT2D eigenvalue weighted by atomic mass is 9.96. The molecule has 2 saturated carbocycles. The minimum Gasteiger partial charge on any atom is -0.399 e. The van der Waals surface area contributed by atoms with Crippen molar-refractivity contribution >= 4 is 11.6 Å². The maximum absolute atomic E-state index is 12.8. The lowest BCUT2D eigenvalue weighted by Gasteiger charge is -2.27. The van der Waals surface area contributed by atoms with Crippen molar-refractivity contribution in [3.63, 3.8) is 0 Å². The van der Waals surface area contributed by atoms with E-state index in [1.165, 1.54) is 31.2 Å². The van der Waals surface area contributed by atoms with Crippen molar-refractivity contribution in [2.45, 2.75) is 51.6 Å². The molecule has 0 aromatic heterocycles. The molecule has 2 aliphatic rings. The van der Waals surface area contributed by atoms with Crippen LogP contribution in [0.5, 0.6) is 0 Å². The van der Waals surface area contributed by atoms with E-state index in [1.54, 1.807) is 0 Å². The van der Waals surface area contributed by atoms with E-state index in [2.05, 4.69) is 11.8 Å². The quantitative estimate of drug-likeness (QED) is 0.856. The van der Waals surface area contributed by atoms with Crippen molar-refractivity contribution in [3.8, 4) is 0 Å². The van der Waals surface area contributed by atoms with Gasteiger partial charge < -0.3 is 10.6 Å². The van der Waals surface area contributed by atoms with Crippen LogP contribution in [-0.4, -0.2) is 16.8 Å². The Morgan fingerprint density at radius 3 is 2.45 bits per heavy atom. The zero-order valence-electron chi connectivity index (χ0n) is 12.2. The summed E-state index contributed by atoms with van der Waals surface area (Å²) in [7, 11) is 0. The van der Waals surface area contributed by atoms with Crippen molar-refractivity contribution in [1.29, 1.82) is 0 Å². The lowest BCUT2D eigenvalue weighted by Crippen LogP contribution is -2.38. The molecule has 2 atom stereocenters. The van der Waals surface area contributed by atoms with Crippen LogP contribution in [-0.2, 0) is 11.3 Å². The van der Waals surface area contributed by atoms with Crippen LogP contribution in [0.1, 0.15) is 44.6 Å². The SMILES string of the molecule is CC1CCCC1C(=O)N(Cc1ccc(N)cc1)C1CC1. The van der Waals surface area contributed by atoms with Crippen LogP contribution < -0.4 is 5.73 Å². The van der Waals surface area contributed by atoms with Gasteiger partial charge in [0.25, 0.3) is 0 Å². The smallest absolute Gasteiger partial charge is 0.226 e. The molecule has 108 valence electrons. The zero-order chi connectivity index (χ0) is 14.1. The van der Waals surface area contributed by atoms with Gasteiger partial charge in [0.2, 0.25) is 5.91 Å². The lowest BCUT2D eigenvalue weighted by molar-refractivity contribution is -0.137. The maximum Gasteiger partial charge on any atom is 0.226 e. The molecule has 20 heavy (non-hydrogen) atoms. The van der Waals surface area contributed by atoms with Crippen LogP contribution in [0.15, 0.2) is 24.3 Å². The van der Waals surface area contributed by atoms with Crippen molar-refractivity contribution < 1.29 is 4.79 Å². The topological polar surface area (TPSA) is 46.3 Å². The Morgan fingerprint density at radius 1 is 1.20 bits per heavy atom. The van der Waals surface area contributed by atoms with Crippen LogP contribution in [0.3, 0.4) is 0 Å². The number of amides is 1. The first-order valence-electron chi connectivity index (χ1n) is 7.80. The Morgan fingerprint density at radius 2 is 1.90 bits per heavy atom. The number of anilines is 1. The van der Waals surface area contributed by atoms with E-state index in [-0.39, 0.29) is 5.92 Å². The van der Waals surface area contributed by atoms with Crippen molar-refractivity contribution in [3.05, 3.63) is 29.8 Å². The van der Waals surface area contributed by atoms with E-state index in [4.69, 9.17) is 5.73 Å². The molecule has 2 N–H and O–H groups in total. The van der Waals surface area contributed by atoms with E-state index in [0.29, 0.717) is 17.9 Å². The van der Waals surface area contributed by atoms with Crippen LogP contribution in [0.2, 0.25) is 0 Å². The standard InChI is InChI=1S/C17H24N2O/c1-12-3-2-4-16(12)17(20)19(15-9-10-15)11-13-5-7-14(18)8-6-13/h5-8,12,15-16H,2-4,9-11,18H2,1H3. The summed E-state index contributed by atoms with van der Waals surface area (Å²) in [5.74, 6) is 1.19. The Kier molecular flexibility index (Phi) is 3.68. The third-order valence-electron chi connectivity index (χ3n) is 4.78. The first-order valence-corrected chi connectivity index (χ1v) is 7.80. The highest BCUT2D eigenvalue weighted by molar-refractivity contribution is 5.80. The fourth-order valence-corrected chi connectivity index (χ4v) is 3.32. The second kappa shape index (κ2) is 5.47. The Labute approximate surface area is 121 Å². The number of carbonyl (C=O) groups is 1. The van der Waals surface area contributed by atoms with Crippen LogP contribution in [0.4, 0.5) is 5.69 Å².